The third-order valence-electron chi connectivity index (χ3n) is 3.21. The number of fused-ring (bicyclic) bond motifs is 1. The van der Waals surface area contributed by atoms with Crippen molar-refractivity contribution in [1.82, 2.24) is 9.97 Å². The van der Waals surface area contributed by atoms with E-state index in [2.05, 4.69) is 15.3 Å². The van der Waals surface area contributed by atoms with Crippen LogP contribution in [0.25, 0.3) is 10.9 Å². The predicted molar refractivity (Wildman–Crippen MR) is 85.7 cm³/mol. The van der Waals surface area contributed by atoms with E-state index in [-0.39, 0.29) is 5.91 Å². The van der Waals surface area contributed by atoms with Gasteiger partial charge in [-0.2, -0.15) is 0 Å². The summed E-state index contributed by atoms with van der Waals surface area (Å²) in [6.07, 6.45) is 2.12. The number of aromatic nitrogens is 2. The lowest BCUT2D eigenvalue weighted by Gasteiger charge is -2.06. The molecule has 21 heavy (non-hydrogen) atoms. The Bertz CT molecular complexity index is 810. The maximum Gasteiger partial charge on any atom is 0.229 e. The summed E-state index contributed by atoms with van der Waals surface area (Å²) in [6.45, 7) is 3.89. The molecule has 4 nitrogen and oxygen atoms in total. The van der Waals surface area contributed by atoms with Gasteiger partial charge < -0.3 is 5.32 Å². The zero-order valence-corrected chi connectivity index (χ0v) is 12.7. The molecule has 0 fully saturated rings. The zero-order chi connectivity index (χ0) is 14.8. The molecule has 0 aliphatic heterocycles. The largest absolute Gasteiger partial charge is 0.326 e. The average Bonchev–Trinajstić information content (AvgIpc) is 2.76. The summed E-state index contributed by atoms with van der Waals surface area (Å²) in [5, 5.41) is 4.94. The van der Waals surface area contributed by atoms with Crippen LogP contribution in [0.4, 0.5) is 5.69 Å². The van der Waals surface area contributed by atoms with E-state index in [0.717, 1.165) is 32.2 Å². The zero-order valence-electron chi connectivity index (χ0n) is 11.9. The molecule has 1 N–H and O–H groups in total. The van der Waals surface area contributed by atoms with Gasteiger partial charge in [-0.05, 0) is 38.1 Å². The van der Waals surface area contributed by atoms with Crippen molar-refractivity contribution in [2.45, 2.75) is 20.3 Å². The molecule has 0 bridgehead atoms. The van der Waals surface area contributed by atoms with Gasteiger partial charge in [0.15, 0.2) is 0 Å². The number of rotatable bonds is 3. The molecule has 1 amide bonds. The Kier molecular flexibility index (Phi) is 3.66. The van der Waals surface area contributed by atoms with E-state index < -0.39 is 0 Å². The van der Waals surface area contributed by atoms with Crippen LogP contribution >= 0.6 is 11.3 Å². The molecule has 0 saturated heterocycles. The van der Waals surface area contributed by atoms with E-state index in [1.165, 1.54) is 0 Å². The van der Waals surface area contributed by atoms with Crippen molar-refractivity contribution in [1.29, 1.82) is 0 Å². The van der Waals surface area contributed by atoms with Crippen LogP contribution in [-0.2, 0) is 11.2 Å². The first-order valence-electron chi connectivity index (χ1n) is 6.69. The summed E-state index contributed by atoms with van der Waals surface area (Å²) < 4.78 is 0. The second-order valence-corrected chi connectivity index (χ2v) is 6.17. The fourth-order valence-electron chi connectivity index (χ4n) is 2.24. The number of thiazole rings is 1. The molecule has 2 heterocycles. The van der Waals surface area contributed by atoms with Crippen LogP contribution in [0.3, 0.4) is 0 Å². The summed E-state index contributed by atoms with van der Waals surface area (Å²) >= 11 is 1.57. The van der Waals surface area contributed by atoms with Gasteiger partial charge in [-0.3, -0.25) is 9.78 Å². The lowest BCUT2D eigenvalue weighted by atomic mass is 10.2. The molecular weight excluding hydrogens is 282 g/mol. The number of carbonyl (C=O) groups excluding carboxylic acids is 1. The van der Waals surface area contributed by atoms with Gasteiger partial charge in [0.05, 0.1) is 22.6 Å². The number of nitrogens with zero attached hydrogens (tertiary/aromatic N) is 2. The molecule has 2 aromatic heterocycles. The number of hydrogen-bond acceptors (Lipinski definition) is 4. The van der Waals surface area contributed by atoms with Crippen molar-refractivity contribution < 1.29 is 4.79 Å². The van der Waals surface area contributed by atoms with E-state index in [1.807, 2.05) is 44.2 Å². The van der Waals surface area contributed by atoms with E-state index in [4.69, 9.17) is 0 Å². The first kappa shape index (κ1) is 13.7. The van der Waals surface area contributed by atoms with Crippen molar-refractivity contribution in [3.8, 4) is 0 Å². The number of amides is 1. The lowest BCUT2D eigenvalue weighted by molar-refractivity contribution is -0.115. The molecule has 0 aliphatic carbocycles. The SMILES string of the molecule is Cc1nc(C)c(CC(=O)Nc2ccc3ncccc3c2)s1. The maximum absolute atomic E-state index is 12.1. The number of anilines is 1. The average molecular weight is 297 g/mol. The minimum Gasteiger partial charge on any atom is -0.326 e. The van der Waals surface area contributed by atoms with Crippen LogP contribution in [0.1, 0.15) is 15.6 Å². The molecule has 5 heteroatoms. The van der Waals surface area contributed by atoms with E-state index in [0.29, 0.717) is 6.42 Å². The smallest absolute Gasteiger partial charge is 0.229 e. The lowest BCUT2D eigenvalue weighted by Crippen LogP contribution is -2.14. The molecular formula is C16H15N3OS. The summed E-state index contributed by atoms with van der Waals surface area (Å²) in [6, 6.07) is 9.59. The fourth-order valence-corrected chi connectivity index (χ4v) is 3.18. The Balaban J connectivity index is 1.75. The quantitative estimate of drug-likeness (QED) is 0.805. The van der Waals surface area contributed by atoms with E-state index in [9.17, 15) is 4.79 Å². The normalized spacial score (nSPS) is 10.8. The van der Waals surface area contributed by atoms with Crippen LogP contribution in [0.2, 0.25) is 0 Å². The van der Waals surface area contributed by atoms with Gasteiger partial charge in [-0.25, -0.2) is 4.98 Å². The van der Waals surface area contributed by atoms with Gasteiger partial charge in [0.2, 0.25) is 5.91 Å². The highest BCUT2D eigenvalue weighted by molar-refractivity contribution is 7.11. The van der Waals surface area contributed by atoms with Crippen LogP contribution in [0, 0.1) is 13.8 Å². The number of aryl methyl sites for hydroxylation is 2. The van der Waals surface area contributed by atoms with Gasteiger partial charge in [0.1, 0.15) is 0 Å². The molecule has 0 radical (unpaired) electrons. The highest BCUT2D eigenvalue weighted by atomic mass is 32.1. The van der Waals surface area contributed by atoms with E-state index in [1.54, 1.807) is 17.5 Å². The van der Waals surface area contributed by atoms with Crippen LogP contribution in [-0.4, -0.2) is 15.9 Å². The van der Waals surface area contributed by atoms with Crippen LogP contribution in [0.5, 0.6) is 0 Å². The number of benzene rings is 1. The van der Waals surface area contributed by atoms with Crippen molar-refractivity contribution in [3.63, 3.8) is 0 Å². The third-order valence-corrected chi connectivity index (χ3v) is 4.28. The number of hydrogen-bond donors (Lipinski definition) is 1. The monoisotopic (exact) mass is 297 g/mol. The minimum absolute atomic E-state index is 0.0232. The molecule has 0 saturated carbocycles. The number of pyridine rings is 1. The number of nitrogens with one attached hydrogen (secondary N) is 1. The predicted octanol–water partition coefficient (Wildman–Crippen LogP) is 3.49. The molecule has 0 spiro atoms. The Morgan fingerprint density at radius 1 is 1.29 bits per heavy atom. The standard InChI is InChI=1S/C16H15N3OS/c1-10-15(21-11(2)18-10)9-16(20)19-13-5-6-14-12(8-13)4-3-7-17-14/h3-8H,9H2,1-2H3,(H,19,20). The summed E-state index contributed by atoms with van der Waals surface area (Å²) in [4.78, 5) is 21.8. The van der Waals surface area contributed by atoms with Gasteiger partial charge in [-0.15, -0.1) is 11.3 Å². The van der Waals surface area contributed by atoms with Crippen molar-refractivity contribution in [2.24, 2.45) is 0 Å². The summed E-state index contributed by atoms with van der Waals surface area (Å²) in [7, 11) is 0. The van der Waals surface area contributed by atoms with Crippen molar-refractivity contribution in [3.05, 3.63) is 52.1 Å². The Hall–Kier alpha value is -2.27. The topological polar surface area (TPSA) is 54.9 Å². The first-order valence-corrected chi connectivity index (χ1v) is 7.51. The second-order valence-electron chi connectivity index (χ2n) is 4.88. The minimum atomic E-state index is -0.0232. The summed E-state index contributed by atoms with van der Waals surface area (Å²) in [5.74, 6) is -0.0232. The van der Waals surface area contributed by atoms with Gasteiger partial charge in [-0.1, -0.05) is 6.07 Å². The second kappa shape index (κ2) is 5.61. The van der Waals surface area contributed by atoms with Gasteiger partial charge >= 0.3 is 0 Å². The van der Waals surface area contributed by atoms with E-state index >= 15 is 0 Å². The van der Waals surface area contributed by atoms with Crippen LogP contribution in [0.15, 0.2) is 36.5 Å². The molecule has 0 atom stereocenters. The first-order chi connectivity index (χ1) is 10.1. The van der Waals surface area contributed by atoms with Crippen LogP contribution < -0.4 is 5.32 Å². The number of carbonyl (C=O) groups is 1. The Morgan fingerprint density at radius 2 is 2.14 bits per heavy atom. The fraction of sp³-hybridized carbons (Fsp3) is 0.188. The Labute approximate surface area is 126 Å². The van der Waals surface area contributed by atoms with Gasteiger partial charge in [0, 0.05) is 22.1 Å². The highest BCUT2D eigenvalue weighted by Gasteiger charge is 2.10. The third kappa shape index (κ3) is 3.08. The molecule has 0 aliphatic rings. The molecule has 3 aromatic rings. The molecule has 106 valence electrons. The molecule has 0 unspecified atom stereocenters. The molecule has 1 aromatic carbocycles. The maximum atomic E-state index is 12.1. The van der Waals surface area contributed by atoms with Crippen molar-refractivity contribution in [2.75, 3.05) is 5.32 Å². The Morgan fingerprint density at radius 3 is 2.90 bits per heavy atom. The molecule has 3 rings (SSSR count). The van der Waals surface area contributed by atoms with Crippen molar-refractivity contribution >= 4 is 33.8 Å². The highest BCUT2D eigenvalue weighted by Crippen LogP contribution is 2.20. The van der Waals surface area contributed by atoms with Gasteiger partial charge in [0.25, 0.3) is 0 Å². The summed E-state index contributed by atoms with van der Waals surface area (Å²) in [5.41, 5.74) is 2.65.